The molecule has 0 spiro atoms. The van der Waals surface area contributed by atoms with Gasteiger partial charge in [-0.2, -0.15) is 0 Å². The van der Waals surface area contributed by atoms with Crippen molar-refractivity contribution >= 4 is 39.3 Å². The normalized spacial score (nSPS) is 15.2. The molecule has 2 aromatic carbocycles. The summed E-state index contributed by atoms with van der Waals surface area (Å²) < 4.78 is 25.4. The fourth-order valence-electron chi connectivity index (χ4n) is 4.37. The number of fused-ring (bicyclic) bond motifs is 1. The number of methoxy groups -OCH3 is 1. The van der Waals surface area contributed by atoms with Crippen LogP contribution in [0.5, 0.6) is 17.2 Å². The van der Waals surface area contributed by atoms with Crippen molar-refractivity contribution in [3.05, 3.63) is 83.0 Å². The van der Waals surface area contributed by atoms with Crippen LogP contribution in [0.1, 0.15) is 51.8 Å². The highest BCUT2D eigenvalue weighted by Gasteiger charge is 2.33. The van der Waals surface area contributed by atoms with Crippen molar-refractivity contribution in [3.8, 4) is 17.2 Å². The molecule has 0 saturated carbocycles. The largest absolute Gasteiger partial charge is 0.494 e. The predicted octanol–water partition coefficient (Wildman–Crippen LogP) is 4.76. The molecule has 206 valence electrons. The van der Waals surface area contributed by atoms with E-state index in [1.54, 1.807) is 31.6 Å². The van der Waals surface area contributed by atoms with Crippen molar-refractivity contribution in [3.63, 3.8) is 0 Å². The first-order chi connectivity index (χ1) is 18.7. The summed E-state index contributed by atoms with van der Waals surface area (Å²) in [5.74, 6) is 1.28. The van der Waals surface area contributed by atoms with E-state index in [-0.39, 0.29) is 18.3 Å². The topological polar surface area (TPSA) is 88.4 Å². The smallest absolute Gasteiger partial charge is 0.338 e. The van der Waals surface area contributed by atoms with Crippen LogP contribution < -0.4 is 29.1 Å². The Balaban J connectivity index is 1.95. The molecule has 1 aromatic heterocycles. The molecule has 0 radical (unpaired) electrons. The summed E-state index contributed by atoms with van der Waals surface area (Å²) >= 11 is 4.77. The second kappa shape index (κ2) is 12.2. The molecule has 2 heterocycles. The number of hydrogen-bond donors (Lipinski definition) is 0. The summed E-state index contributed by atoms with van der Waals surface area (Å²) in [6.07, 6.45) is 1.66. The van der Waals surface area contributed by atoms with Crippen LogP contribution in [-0.4, -0.2) is 37.0 Å². The van der Waals surface area contributed by atoms with E-state index < -0.39 is 12.0 Å². The monoisotopic (exact) mass is 614 g/mol. The van der Waals surface area contributed by atoms with Gasteiger partial charge in [-0.25, -0.2) is 9.79 Å². The zero-order valence-electron chi connectivity index (χ0n) is 22.7. The quantitative estimate of drug-likeness (QED) is 0.323. The van der Waals surface area contributed by atoms with Crippen molar-refractivity contribution in [2.45, 2.75) is 46.8 Å². The Hall–Kier alpha value is -3.37. The van der Waals surface area contributed by atoms with Crippen LogP contribution in [0.25, 0.3) is 6.08 Å². The average molecular weight is 616 g/mol. The Morgan fingerprint density at radius 3 is 2.51 bits per heavy atom. The van der Waals surface area contributed by atoms with Crippen LogP contribution in [0.15, 0.2) is 61.9 Å². The van der Waals surface area contributed by atoms with Gasteiger partial charge in [0.25, 0.3) is 5.56 Å². The summed E-state index contributed by atoms with van der Waals surface area (Å²) in [7, 11) is 1.57. The minimum atomic E-state index is -0.707. The lowest BCUT2D eigenvalue weighted by atomic mass is 9.96. The zero-order valence-corrected chi connectivity index (χ0v) is 25.1. The first kappa shape index (κ1) is 28.6. The van der Waals surface area contributed by atoms with Gasteiger partial charge in [0.15, 0.2) is 16.3 Å². The summed E-state index contributed by atoms with van der Waals surface area (Å²) in [6.45, 7) is 10.0. The molecule has 3 aromatic rings. The molecule has 0 fully saturated rings. The number of carbonyl (C=O) groups excluding carboxylic acids is 1. The molecule has 10 heteroatoms. The number of benzene rings is 2. The van der Waals surface area contributed by atoms with Crippen LogP contribution in [-0.2, 0) is 9.53 Å². The number of thiazole rings is 1. The molecule has 39 heavy (non-hydrogen) atoms. The maximum absolute atomic E-state index is 14.0. The summed E-state index contributed by atoms with van der Waals surface area (Å²) in [5.41, 5.74) is 1.98. The summed E-state index contributed by atoms with van der Waals surface area (Å²) in [6, 6.07) is 10.4. The van der Waals surface area contributed by atoms with Crippen LogP contribution >= 0.6 is 27.3 Å². The molecule has 8 nitrogen and oxygen atoms in total. The second-order valence-corrected chi connectivity index (χ2v) is 10.9. The Kier molecular flexibility index (Phi) is 8.97. The molecule has 0 unspecified atom stereocenters. The van der Waals surface area contributed by atoms with Gasteiger partial charge in [-0.3, -0.25) is 9.36 Å². The molecule has 1 aliphatic rings. The molecular formula is C29H31BrN2O6S. The van der Waals surface area contributed by atoms with Gasteiger partial charge in [0.1, 0.15) is 5.75 Å². The fraction of sp³-hybridized carbons (Fsp3) is 0.345. The molecule has 4 rings (SSSR count). The minimum Gasteiger partial charge on any atom is -0.494 e. The highest BCUT2D eigenvalue weighted by atomic mass is 79.9. The molecule has 0 N–H and O–H groups in total. The lowest BCUT2D eigenvalue weighted by Crippen LogP contribution is -2.39. The number of carbonyl (C=O) groups is 1. The van der Waals surface area contributed by atoms with Gasteiger partial charge in [-0.15, -0.1) is 0 Å². The Bertz CT molecular complexity index is 1590. The Morgan fingerprint density at radius 2 is 1.90 bits per heavy atom. The highest BCUT2D eigenvalue weighted by molar-refractivity contribution is 9.10. The number of hydrogen-bond acceptors (Lipinski definition) is 8. The van der Waals surface area contributed by atoms with Crippen LogP contribution in [0.3, 0.4) is 0 Å². The van der Waals surface area contributed by atoms with Crippen molar-refractivity contribution in [1.29, 1.82) is 0 Å². The summed E-state index contributed by atoms with van der Waals surface area (Å²) in [5, 5.41) is 0. The first-order valence-electron chi connectivity index (χ1n) is 12.6. The van der Waals surface area contributed by atoms with E-state index in [0.717, 1.165) is 10.0 Å². The number of aromatic nitrogens is 1. The van der Waals surface area contributed by atoms with E-state index in [4.69, 9.17) is 18.9 Å². The van der Waals surface area contributed by atoms with Gasteiger partial charge in [-0.05, 0) is 70.5 Å². The third kappa shape index (κ3) is 5.96. The maximum Gasteiger partial charge on any atom is 0.338 e. The van der Waals surface area contributed by atoms with Gasteiger partial charge in [0, 0.05) is 10.0 Å². The van der Waals surface area contributed by atoms with Gasteiger partial charge in [0.2, 0.25) is 0 Å². The molecule has 0 aliphatic carbocycles. The second-order valence-electron chi connectivity index (χ2n) is 9.00. The third-order valence-corrected chi connectivity index (χ3v) is 7.37. The first-order valence-corrected chi connectivity index (χ1v) is 14.3. The van der Waals surface area contributed by atoms with Crippen LogP contribution in [0.2, 0.25) is 0 Å². The molecule has 1 atom stereocenters. The fourth-order valence-corrected chi connectivity index (χ4v) is 5.86. The van der Waals surface area contributed by atoms with Crippen molar-refractivity contribution in [2.75, 3.05) is 20.3 Å². The van der Waals surface area contributed by atoms with Gasteiger partial charge in [0.05, 0.1) is 48.3 Å². The molecular weight excluding hydrogens is 584 g/mol. The van der Waals surface area contributed by atoms with E-state index in [1.807, 2.05) is 57.2 Å². The molecule has 0 bridgehead atoms. The Morgan fingerprint density at radius 1 is 1.18 bits per heavy atom. The van der Waals surface area contributed by atoms with Gasteiger partial charge < -0.3 is 18.9 Å². The number of halogens is 1. The SMILES string of the molecule is CCOC(=O)C1=C(C)N=c2s/c(=C\c3cc(Br)cc(OC)c3OC(C)C)c(=O)n2[C@@H]1c1ccc(OCC)cc1. The zero-order chi connectivity index (χ0) is 28.3. The Labute approximate surface area is 239 Å². The number of esters is 1. The number of ether oxygens (including phenoxy) is 4. The van der Waals surface area contributed by atoms with E-state index in [9.17, 15) is 9.59 Å². The maximum atomic E-state index is 14.0. The average Bonchev–Trinajstić information content (AvgIpc) is 3.19. The predicted molar refractivity (Wildman–Crippen MR) is 154 cm³/mol. The van der Waals surface area contributed by atoms with Crippen LogP contribution in [0.4, 0.5) is 0 Å². The number of nitrogens with zero attached hydrogens (tertiary/aromatic N) is 2. The van der Waals surface area contributed by atoms with E-state index in [1.165, 1.54) is 11.3 Å². The molecule has 0 amide bonds. The lowest BCUT2D eigenvalue weighted by Gasteiger charge is -2.24. The van der Waals surface area contributed by atoms with Crippen molar-refractivity contribution < 1.29 is 23.7 Å². The van der Waals surface area contributed by atoms with E-state index >= 15 is 0 Å². The van der Waals surface area contributed by atoms with Gasteiger partial charge >= 0.3 is 5.97 Å². The third-order valence-electron chi connectivity index (χ3n) is 5.93. The molecule has 0 saturated heterocycles. The van der Waals surface area contributed by atoms with E-state index in [2.05, 4.69) is 20.9 Å². The van der Waals surface area contributed by atoms with Crippen LogP contribution in [0, 0.1) is 0 Å². The minimum absolute atomic E-state index is 0.108. The van der Waals surface area contributed by atoms with Gasteiger partial charge in [-0.1, -0.05) is 39.4 Å². The molecule has 1 aliphatic heterocycles. The standard InChI is InChI=1S/C29H31BrN2O6S/c1-7-36-21-11-9-18(10-12-21)25-24(28(34)37-8-2)17(5)31-29-32(25)27(33)23(39-29)14-19-13-20(30)15-22(35-6)26(19)38-16(3)4/h9-16,25H,7-8H2,1-6H3/b23-14-/t25-/m1/s1. The number of allylic oxidation sites excluding steroid dienone is 1. The van der Waals surface area contributed by atoms with Crippen molar-refractivity contribution in [1.82, 2.24) is 4.57 Å². The summed E-state index contributed by atoms with van der Waals surface area (Å²) in [4.78, 5) is 32.2. The lowest BCUT2D eigenvalue weighted by molar-refractivity contribution is -0.139. The van der Waals surface area contributed by atoms with Crippen molar-refractivity contribution in [2.24, 2.45) is 4.99 Å². The highest BCUT2D eigenvalue weighted by Crippen LogP contribution is 2.36. The number of rotatable bonds is 9. The van der Waals surface area contributed by atoms with E-state index in [0.29, 0.717) is 50.0 Å².